The number of anilines is 1. The molecule has 1 fully saturated rings. The van der Waals surface area contributed by atoms with Gasteiger partial charge in [0.2, 0.25) is 0 Å². The monoisotopic (exact) mass is 311 g/mol. The van der Waals surface area contributed by atoms with Gasteiger partial charge >= 0.3 is 0 Å². The summed E-state index contributed by atoms with van der Waals surface area (Å²) in [4.78, 5) is 8.54. The lowest BCUT2D eigenvalue weighted by atomic mass is 9.91. The fourth-order valence-corrected chi connectivity index (χ4v) is 3.83. The van der Waals surface area contributed by atoms with E-state index in [9.17, 15) is 0 Å². The zero-order chi connectivity index (χ0) is 15.5. The van der Waals surface area contributed by atoms with E-state index in [4.69, 9.17) is 9.72 Å². The van der Waals surface area contributed by atoms with Crippen LogP contribution in [0.3, 0.4) is 0 Å². The Hall–Kier alpha value is -0.650. The minimum absolute atomic E-state index is 0.0875. The largest absolute Gasteiger partial charge is 0.376 e. The number of hydrogen-bond acceptors (Lipinski definition) is 5. The highest BCUT2D eigenvalue weighted by atomic mass is 32.1. The second-order valence-corrected chi connectivity index (χ2v) is 7.88. The Labute approximate surface area is 132 Å². The van der Waals surface area contributed by atoms with Crippen LogP contribution < -0.4 is 10.2 Å². The summed E-state index contributed by atoms with van der Waals surface area (Å²) in [6.07, 6.45) is 2.73. The van der Waals surface area contributed by atoms with Crippen LogP contribution in [0.4, 0.5) is 5.13 Å². The number of nitrogens with zero attached hydrogens (tertiary/aromatic N) is 2. The smallest absolute Gasteiger partial charge is 0.185 e. The van der Waals surface area contributed by atoms with Crippen LogP contribution in [-0.4, -0.2) is 37.8 Å². The predicted molar refractivity (Wildman–Crippen MR) is 90.4 cm³/mol. The second kappa shape index (κ2) is 7.07. The molecule has 1 aromatic rings. The van der Waals surface area contributed by atoms with Crippen molar-refractivity contribution in [2.75, 3.05) is 31.6 Å². The molecule has 0 aliphatic carbocycles. The molecule has 1 aliphatic rings. The molecule has 4 nitrogen and oxygen atoms in total. The molecule has 2 heterocycles. The first-order chi connectivity index (χ1) is 9.91. The maximum atomic E-state index is 5.74. The van der Waals surface area contributed by atoms with Crippen molar-refractivity contribution >= 4 is 16.5 Å². The quantitative estimate of drug-likeness (QED) is 0.875. The van der Waals surface area contributed by atoms with Gasteiger partial charge in [0.25, 0.3) is 0 Å². The molecular formula is C16H29N3OS. The SMILES string of the molecule is CCNCc1sc(N(C)CC2CCCO2)nc1C(C)(C)C. The highest BCUT2D eigenvalue weighted by Crippen LogP contribution is 2.33. The van der Waals surface area contributed by atoms with E-state index in [0.717, 1.165) is 31.4 Å². The number of ether oxygens (including phenoxy) is 1. The average Bonchev–Trinajstić information content (AvgIpc) is 3.04. The number of nitrogens with one attached hydrogen (secondary N) is 1. The highest BCUT2D eigenvalue weighted by Gasteiger charge is 2.25. The number of rotatable bonds is 6. The van der Waals surface area contributed by atoms with Gasteiger partial charge in [0.1, 0.15) is 0 Å². The first-order valence-corrected chi connectivity index (χ1v) is 8.77. The molecule has 1 aliphatic heterocycles. The predicted octanol–water partition coefficient (Wildman–Crippen LogP) is 3.17. The fraction of sp³-hybridized carbons (Fsp3) is 0.812. The second-order valence-electron chi connectivity index (χ2n) is 6.81. The molecule has 0 amide bonds. The van der Waals surface area contributed by atoms with E-state index in [-0.39, 0.29) is 5.41 Å². The standard InChI is InChI=1S/C16H29N3OS/c1-6-17-10-13-14(16(2,3)4)18-15(21-13)19(5)11-12-8-7-9-20-12/h12,17H,6-11H2,1-5H3. The fourth-order valence-electron chi connectivity index (χ4n) is 2.62. The first-order valence-electron chi connectivity index (χ1n) is 7.95. The molecule has 1 N–H and O–H groups in total. The summed E-state index contributed by atoms with van der Waals surface area (Å²) in [5.41, 5.74) is 1.31. The van der Waals surface area contributed by atoms with Crippen molar-refractivity contribution in [3.05, 3.63) is 10.6 Å². The number of likely N-dealkylation sites (N-methyl/N-ethyl adjacent to an activating group) is 1. The van der Waals surface area contributed by atoms with E-state index in [1.807, 2.05) is 11.3 Å². The highest BCUT2D eigenvalue weighted by molar-refractivity contribution is 7.15. The topological polar surface area (TPSA) is 37.4 Å². The molecule has 2 rings (SSSR count). The molecule has 120 valence electrons. The maximum Gasteiger partial charge on any atom is 0.185 e. The zero-order valence-corrected chi connectivity index (χ0v) is 14.8. The van der Waals surface area contributed by atoms with E-state index >= 15 is 0 Å². The van der Waals surface area contributed by atoms with Crippen molar-refractivity contribution in [2.45, 2.75) is 58.6 Å². The lowest BCUT2D eigenvalue weighted by Gasteiger charge is -2.20. The maximum absolute atomic E-state index is 5.74. The van der Waals surface area contributed by atoms with Gasteiger partial charge in [-0.15, -0.1) is 11.3 Å². The Morgan fingerprint density at radius 3 is 2.76 bits per heavy atom. The summed E-state index contributed by atoms with van der Waals surface area (Å²) in [6, 6.07) is 0. The normalized spacial score (nSPS) is 19.2. The van der Waals surface area contributed by atoms with E-state index in [1.165, 1.54) is 23.4 Å². The molecule has 5 heteroatoms. The molecule has 0 spiro atoms. The van der Waals surface area contributed by atoms with Crippen LogP contribution >= 0.6 is 11.3 Å². The minimum Gasteiger partial charge on any atom is -0.376 e. The van der Waals surface area contributed by atoms with Gasteiger partial charge in [-0.1, -0.05) is 27.7 Å². The van der Waals surface area contributed by atoms with E-state index in [0.29, 0.717) is 6.10 Å². The van der Waals surface area contributed by atoms with Gasteiger partial charge in [0.15, 0.2) is 5.13 Å². The van der Waals surface area contributed by atoms with Crippen LogP contribution in [0.5, 0.6) is 0 Å². The van der Waals surface area contributed by atoms with Crippen LogP contribution in [0.1, 0.15) is 51.1 Å². The molecule has 1 atom stereocenters. The summed E-state index contributed by atoms with van der Waals surface area (Å²) in [5.74, 6) is 0. The van der Waals surface area contributed by atoms with Crippen molar-refractivity contribution in [2.24, 2.45) is 0 Å². The summed E-state index contributed by atoms with van der Waals surface area (Å²) in [6.45, 7) is 12.6. The van der Waals surface area contributed by atoms with Crippen molar-refractivity contribution in [1.29, 1.82) is 0 Å². The van der Waals surface area contributed by atoms with Gasteiger partial charge < -0.3 is 15.0 Å². The zero-order valence-electron chi connectivity index (χ0n) is 14.0. The number of aromatic nitrogens is 1. The molecule has 0 bridgehead atoms. The number of thiazole rings is 1. The molecular weight excluding hydrogens is 282 g/mol. The summed E-state index contributed by atoms with van der Waals surface area (Å²) < 4.78 is 5.74. The van der Waals surface area contributed by atoms with Gasteiger partial charge in [-0.2, -0.15) is 0 Å². The summed E-state index contributed by atoms with van der Waals surface area (Å²) in [7, 11) is 2.13. The third kappa shape index (κ3) is 4.41. The van der Waals surface area contributed by atoms with Gasteiger partial charge in [-0.3, -0.25) is 0 Å². The van der Waals surface area contributed by atoms with Crippen LogP contribution in [0.2, 0.25) is 0 Å². The van der Waals surface area contributed by atoms with Crippen LogP contribution in [0, 0.1) is 0 Å². The van der Waals surface area contributed by atoms with Crippen molar-refractivity contribution in [1.82, 2.24) is 10.3 Å². The Balaban J connectivity index is 2.13. The van der Waals surface area contributed by atoms with E-state index < -0.39 is 0 Å². The Kier molecular flexibility index (Phi) is 5.63. The summed E-state index contributed by atoms with van der Waals surface area (Å²) >= 11 is 1.81. The average molecular weight is 311 g/mol. The van der Waals surface area contributed by atoms with Crippen LogP contribution in [-0.2, 0) is 16.7 Å². The lowest BCUT2D eigenvalue weighted by molar-refractivity contribution is 0.116. The van der Waals surface area contributed by atoms with Gasteiger partial charge in [-0.05, 0) is 19.4 Å². The molecule has 0 saturated carbocycles. The van der Waals surface area contributed by atoms with Gasteiger partial charge in [0, 0.05) is 37.0 Å². The Bertz CT molecular complexity index is 447. The Morgan fingerprint density at radius 2 is 2.19 bits per heavy atom. The van der Waals surface area contributed by atoms with Crippen LogP contribution in [0.25, 0.3) is 0 Å². The molecule has 0 radical (unpaired) electrons. The first kappa shape index (κ1) is 16.7. The van der Waals surface area contributed by atoms with Crippen molar-refractivity contribution < 1.29 is 4.74 Å². The van der Waals surface area contributed by atoms with Crippen molar-refractivity contribution in [3.8, 4) is 0 Å². The lowest BCUT2D eigenvalue weighted by Crippen LogP contribution is -2.28. The van der Waals surface area contributed by atoms with Gasteiger partial charge in [-0.25, -0.2) is 4.98 Å². The molecule has 1 aromatic heterocycles. The molecule has 0 aromatic carbocycles. The number of hydrogen-bond donors (Lipinski definition) is 1. The minimum atomic E-state index is 0.0875. The van der Waals surface area contributed by atoms with E-state index in [2.05, 4.69) is 45.0 Å². The summed E-state index contributed by atoms with van der Waals surface area (Å²) in [5, 5.41) is 4.54. The third-order valence-electron chi connectivity index (χ3n) is 3.76. The molecule has 1 unspecified atom stereocenters. The van der Waals surface area contributed by atoms with Crippen LogP contribution in [0.15, 0.2) is 0 Å². The van der Waals surface area contributed by atoms with Gasteiger partial charge in [0.05, 0.1) is 11.8 Å². The third-order valence-corrected chi connectivity index (χ3v) is 4.93. The van der Waals surface area contributed by atoms with Crippen molar-refractivity contribution in [3.63, 3.8) is 0 Å². The molecule has 21 heavy (non-hydrogen) atoms. The molecule has 1 saturated heterocycles. The Morgan fingerprint density at radius 1 is 1.43 bits per heavy atom. The van der Waals surface area contributed by atoms with E-state index in [1.54, 1.807) is 0 Å².